The monoisotopic (exact) mass is 235 g/mol. The van der Waals surface area contributed by atoms with Crippen molar-refractivity contribution >= 4 is 6.29 Å². The van der Waals surface area contributed by atoms with Crippen molar-refractivity contribution in [1.82, 2.24) is 15.0 Å². The predicted molar refractivity (Wildman–Crippen MR) is 50.3 cm³/mol. The molecule has 0 saturated heterocycles. The van der Waals surface area contributed by atoms with Gasteiger partial charge in [-0.2, -0.15) is 13.2 Å². The number of aldehydes is 1. The molecule has 0 N–H and O–H groups in total. The van der Waals surface area contributed by atoms with E-state index in [1.807, 2.05) is 0 Å². The van der Waals surface area contributed by atoms with Gasteiger partial charge in [-0.1, -0.05) is 19.1 Å². The minimum absolute atomic E-state index is 0.0360. The van der Waals surface area contributed by atoms with Crippen LogP contribution in [-0.2, 0) is 0 Å². The first-order valence-corrected chi connectivity index (χ1v) is 4.76. The maximum atomic E-state index is 12.5. The van der Waals surface area contributed by atoms with Gasteiger partial charge in [-0.25, -0.2) is 4.68 Å². The number of nitrogens with zero attached hydrogens (tertiary/aromatic N) is 3. The lowest BCUT2D eigenvalue weighted by Crippen LogP contribution is -2.26. The molecule has 1 rings (SSSR count). The zero-order valence-electron chi connectivity index (χ0n) is 9.12. The lowest BCUT2D eigenvalue weighted by molar-refractivity contribution is -0.166. The van der Waals surface area contributed by atoms with Gasteiger partial charge in [0.25, 0.3) is 0 Å². The fraction of sp³-hybridized carbons (Fsp3) is 0.667. The van der Waals surface area contributed by atoms with Crippen molar-refractivity contribution in [3.63, 3.8) is 0 Å². The van der Waals surface area contributed by atoms with Crippen LogP contribution in [0.25, 0.3) is 0 Å². The van der Waals surface area contributed by atoms with Crippen LogP contribution >= 0.6 is 0 Å². The van der Waals surface area contributed by atoms with Crippen LogP contribution in [0.4, 0.5) is 13.2 Å². The zero-order valence-corrected chi connectivity index (χ0v) is 9.12. The second-order valence-corrected chi connectivity index (χ2v) is 3.79. The summed E-state index contributed by atoms with van der Waals surface area (Å²) in [5.74, 6) is -0.250. The summed E-state index contributed by atoms with van der Waals surface area (Å²) in [7, 11) is 0. The van der Waals surface area contributed by atoms with Gasteiger partial charge in [0.05, 0.1) is 5.69 Å². The first kappa shape index (κ1) is 12.7. The Kier molecular flexibility index (Phi) is 3.35. The summed E-state index contributed by atoms with van der Waals surface area (Å²) >= 11 is 0. The molecule has 90 valence electrons. The van der Waals surface area contributed by atoms with Crippen molar-refractivity contribution < 1.29 is 18.0 Å². The highest BCUT2D eigenvalue weighted by Crippen LogP contribution is 2.32. The van der Waals surface area contributed by atoms with Gasteiger partial charge in [-0.05, 0) is 12.8 Å². The van der Waals surface area contributed by atoms with Crippen LogP contribution in [-0.4, -0.2) is 27.5 Å². The lowest BCUT2D eigenvalue weighted by Gasteiger charge is -2.19. The third-order valence-corrected chi connectivity index (χ3v) is 2.26. The molecule has 4 nitrogen and oxygen atoms in total. The fourth-order valence-electron chi connectivity index (χ4n) is 1.38. The summed E-state index contributed by atoms with van der Waals surface area (Å²) < 4.78 is 38.3. The maximum Gasteiger partial charge on any atom is 0.410 e. The van der Waals surface area contributed by atoms with Crippen molar-refractivity contribution in [2.75, 3.05) is 0 Å². The van der Waals surface area contributed by atoms with Crippen LogP contribution in [0, 0.1) is 0 Å². The smallest absolute Gasteiger partial charge is 0.296 e. The van der Waals surface area contributed by atoms with E-state index in [9.17, 15) is 18.0 Å². The molecule has 0 aliphatic carbocycles. The molecule has 0 radical (unpaired) electrons. The van der Waals surface area contributed by atoms with E-state index in [0.29, 0.717) is 6.29 Å². The van der Waals surface area contributed by atoms with Gasteiger partial charge >= 0.3 is 6.18 Å². The number of alkyl halides is 3. The zero-order chi connectivity index (χ0) is 12.5. The Morgan fingerprint density at radius 3 is 2.25 bits per heavy atom. The molecule has 1 unspecified atom stereocenters. The van der Waals surface area contributed by atoms with E-state index in [4.69, 9.17) is 0 Å². The van der Waals surface area contributed by atoms with E-state index >= 15 is 0 Å². The highest BCUT2D eigenvalue weighted by molar-refractivity contribution is 5.73. The molecule has 1 heterocycles. The Balaban J connectivity index is 3.24. The molecular weight excluding hydrogens is 223 g/mol. The number of carbonyl (C=O) groups excluding carboxylic acids is 1. The lowest BCUT2D eigenvalue weighted by atomic mass is 10.1. The predicted octanol–water partition coefficient (Wildman–Crippen LogP) is 2.34. The summed E-state index contributed by atoms with van der Waals surface area (Å²) in [6, 6.07) is -1.79. The van der Waals surface area contributed by atoms with Gasteiger partial charge in [0.15, 0.2) is 6.29 Å². The average Bonchev–Trinajstić information content (AvgIpc) is 2.57. The molecular formula is C9H12F3N3O. The highest BCUT2D eigenvalue weighted by Gasteiger charge is 2.40. The van der Waals surface area contributed by atoms with Crippen LogP contribution in [0.1, 0.15) is 48.9 Å². The van der Waals surface area contributed by atoms with Crippen LogP contribution in [0.2, 0.25) is 0 Å². The number of rotatable bonds is 3. The normalized spacial score (nSPS) is 14.2. The summed E-state index contributed by atoms with van der Waals surface area (Å²) in [6.45, 7) is 4.35. The van der Waals surface area contributed by atoms with Gasteiger partial charge in [-0.15, -0.1) is 5.10 Å². The quantitative estimate of drug-likeness (QED) is 0.755. The summed E-state index contributed by atoms with van der Waals surface area (Å²) in [4.78, 5) is 10.6. The van der Waals surface area contributed by atoms with Gasteiger partial charge in [-0.3, -0.25) is 4.79 Å². The second-order valence-electron chi connectivity index (χ2n) is 3.79. The number of halogens is 3. The van der Waals surface area contributed by atoms with Crippen molar-refractivity contribution in [1.29, 1.82) is 0 Å². The number of carbonyl (C=O) groups is 1. The Morgan fingerprint density at radius 2 is 1.88 bits per heavy atom. The average molecular weight is 235 g/mol. The first-order valence-electron chi connectivity index (χ1n) is 4.76. The molecule has 0 aromatic carbocycles. The van der Waals surface area contributed by atoms with Crippen molar-refractivity contribution in [3.05, 3.63) is 11.4 Å². The van der Waals surface area contributed by atoms with Crippen LogP contribution in [0.3, 0.4) is 0 Å². The van der Waals surface area contributed by atoms with Gasteiger partial charge in [0.2, 0.25) is 0 Å². The minimum Gasteiger partial charge on any atom is -0.296 e. The number of aromatic nitrogens is 3. The van der Waals surface area contributed by atoms with Gasteiger partial charge in [0, 0.05) is 0 Å². The molecule has 1 atom stereocenters. The summed E-state index contributed by atoms with van der Waals surface area (Å²) in [6.07, 6.45) is -3.99. The molecule has 1 aromatic rings. The highest BCUT2D eigenvalue weighted by atomic mass is 19.4. The van der Waals surface area contributed by atoms with E-state index < -0.39 is 12.2 Å². The van der Waals surface area contributed by atoms with E-state index in [1.54, 1.807) is 13.8 Å². The molecule has 0 bridgehead atoms. The van der Waals surface area contributed by atoms with Crippen molar-refractivity contribution in [3.8, 4) is 0 Å². The first-order chi connectivity index (χ1) is 7.29. The molecule has 0 spiro atoms. The molecule has 0 aliphatic rings. The van der Waals surface area contributed by atoms with E-state index in [0.717, 1.165) is 11.6 Å². The molecule has 1 aromatic heterocycles. The molecule has 0 fully saturated rings. The minimum atomic E-state index is -4.41. The Bertz CT molecular complexity index is 384. The molecule has 0 amide bonds. The standard InChI is InChI=1S/C9H12F3N3O/c1-5(2)8-7(4-16)13-14-15(8)6(3)9(10,11)12/h4-6H,1-3H3. The van der Waals surface area contributed by atoms with Gasteiger partial charge in [0.1, 0.15) is 11.7 Å². The second kappa shape index (κ2) is 4.23. The molecule has 0 saturated carbocycles. The maximum absolute atomic E-state index is 12.5. The van der Waals surface area contributed by atoms with Crippen LogP contribution < -0.4 is 0 Å². The topological polar surface area (TPSA) is 47.8 Å². The number of hydrogen-bond acceptors (Lipinski definition) is 3. The summed E-state index contributed by atoms with van der Waals surface area (Å²) in [5.41, 5.74) is 0.172. The summed E-state index contributed by atoms with van der Waals surface area (Å²) in [5, 5.41) is 6.83. The van der Waals surface area contributed by atoms with Gasteiger partial charge < -0.3 is 0 Å². The van der Waals surface area contributed by atoms with E-state index in [1.165, 1.54) is 0 Å². The molecule has 16 heavy (non-hydrogen) atoms. The van der Waals surface area contributed by atoms with E-state index in [2.05, 4.69) is 10.3 Å². The van der Waals surface area contributed by atoms with Crippen LogP contribution in [0.15, 0.2) is 0 Å². The van der Waals surface area contributed by atoms with Crippen molar-refractivity contribution in [2.45, 2.75) is 38.9 Å². The Labute approximate surface area is 90.4 Å². The fourth-order valence-corrected chi connectivity index (χ4v) is 1.38. The third-order valence-electron chi connectivity index (χ3n) is 2.26. The van der Waals surface area contributed by atoms with E-state index in [-0.39, 0.29) is 17.3 Å². The van der Waals surface area contributed by atoms with Crippen LogP contribution in [0.5, 0.6) is 0 Å². The third kappa shape index (κ3) is 2.23. The van der Waals surface area contributed by atoms with Crippen molar-refractivity contribution in [2.24, 2.45) is 0 Å². The largest absolute Gasteiger partial charge is 0.410 e. The molecule has 7 heteroatoms. The number of hydrogen-bond donors (Lipinski definition) is 0. The molecule has 0 aliphatic heterocycles. The Hall–Kier alpha value is -1.40. The Morgan fingerprint density at radius 1 is 1.31 bits per heavy atom. The SMILES string of the molecule is CC(C)c1c(C=O)nnn1C(C)C(F)(F)F.